The van der Waals surface area contributed by atoms with E-state index in [9.17, 15) is 0 Å². The molecule has 0 saturated heterocycles. The molecule has 0 fully saturated rings. The minimum absolute atomic E-state index is 0.828. The first kappa shape index (κ1) is 8.56. The van der Waals surface area contributed by atoms with Gasteiger partial charge in [0, 0.05) is 5.33 Å². The first-order valence-electron chi connectivity index (χ1n) is 3.40. The Hall–Kier alpha value is -0.540. The summed E-state index contributed by atoms with van der Waals surface area (Å²) in [6, 6.07) is 6.11. The average Bonchev–Trinajstić information content (AvgIpc) is 2.04. The maximum Gasteiger partial charge on any atom is 0.0525 e. The Morgan fingerprint density at radius 1 is 1.55 bits per heavy atom. The molecule has 0 heterocycles. The van der Waals surface area contributed by atoms with Gasteiger partial charge in [-0.1, -0.05) is 33.6 Å². The number of hydrogen-bond donors (Lipinski definition) is 2. The van der Waals surface area contributed by atoms with Crippen LogP contribution in [-0.2, 0) is 5.33 Å². The summed E-state index contributed by atoms with van der Waals surface area (Å²) in [6.45, 7) is 2.06. The highest BCUT2D eigenvalue weighted by Gasteiger charge is 1.97. The van der Waals surface area contributed by atoms with Gasteiger partial charge in [-0.05, 0) is 18.6 Å². The number of hydrogen-bond acceptors (Lipinski definition) is 2. The number of nitrogens with two attached hydrogens (primary N) is 1. The molecule has 11 heavy (non-hydrogen) atoms. The summed E-state index contributed by atoms with van der Waals surface area (Å²) < 4.78 is 0. The fourth-order valence-corrected chi connectivity index (χ4v) is 1.44. The van der Waals surface area contributed by atoms with E-state index in [-0.39, 0.29) is 0 Å². The minimum Gasteiger partial charge on any atom is -0.324 e. The van der Waals surface area contributed by atoms with Crippen molar-refractivity contribution in [1.29, 1.82) is 0 Å². The van der Waals surface area contributed by atoms with E-state index in [1.54, 1.807) is 0 Å². The van der Waals surface area contributed by atoms with Crippen molar-refractivity contribution in [2.45, 2.75) is 12.3 Å². The molecule has 0 unspecified atom stereocenters. The highest BCUT2D eigenvalue weighted by atomic mass is 79.9. The molecular weight excluding hydrogens is 204 g/mol. The van der Waals surface area contributed by atoms with Crippen LogP contribution in [0, 0.1) is 6.92 Å². The summed E-state index contributed by atoms with van der Waals surface area (Å²) in [5.74, 6) is 5.31. The molecule has 0 spiro atoms. The van der Waals surface area contributed by atoms with Crippen LogP contribution in [0.25, 0.3) is 0 Å². The maximum atomic E-state index is 5.31. The van der Waals surface area contributed by atoms with E-state index in [0.29, 0.717) is 0 Å². The number of rotatable bonds is 2. The highest BCUT2D eigenvalue weighted by Crippen LogP contribution is 2.18. The van der Waals surface area contributed by atoms with Crippen molar-refractivity contribution in [3.63, 3.8) is 0 Å². The van der Waals surface area contributed by atoms with Gasteiger partial charge in [0.1, 0.15) is 0 Å². The van der Waals surface area contributed by atoms with Crippen LogP contribution in [0.1, 0.15) is 11.1 Å². The van der Waals surface area contributed by atoms with Gasteiger partial charge in [0.25, 0.3) is 0 Å². The van der Waals surface area contributed by atoms with Gasteiger partial charge >= 0.3 is 0 Å². The lowest BCUT2D eigenvalue weighted by Crippen LogP contribution is -2.08. The number of halogens is 1. The van der Waals surface area contributed by atoms with E-state index in [2.05, 4.69) is 34.3 Å². The fraction of sp³-hybridized carbons (Fsp3) is 0.250. The summed E-state index contributed by atoms with van der Waals surface area (Å²) in [4.78, 5) is 0. The van der Waals surface area contributed by atoms with Gasteiger partial charge < -0.3 is 5.43 Å². The Balaban J connectivity index is 3.06. The Morgan fingerprint density at radius 3 is 2.82 bits per heavy atom. The monoisotopic (exact) mass is 214 g/mol. The number of aryl methyl sites for hydroxylation is 1. The van der Waals surface area contributed by atoms with Crippen molar-refractivity contribution in [2.75, 3.05) is 5.43 Å². The standard InChI is InChI=1S/C8H11BrN2/c1-6-2-3-8(11-10)7(4-6)5-9/h2-4,11H,5,10H2,1H3. The van der Waals surface area contributed by atoms with Crippen LogP contribution in [0.15, 0.2) is 18.2 Å². The number of alkyl halides is 1. The summed E-state index contributed by atoms with van der Waals surface area (Å²) in [7, 11) is 0. The molecule has 3 heteroatoms. The molecule has 1 aromatic carbocycles. The highest BCUT2D eigenvalue weighted by molar-refractivity contribution is 9.08. The number of benzene rings is 1. The van der Waals surface area contributed by atoms with E-state index in [0.717, 1.165) is 11.0 Å². The van der Waals surface area contributed by atoms with Crippen LogP contribution in [0.4, 0.5) is 5.69 Å². The van der Waals surface area contributed by atoms with Crippen molar-refractivity contribution in [3.8, 4) is 0 Å². The molecule has 0 aromatic heterocycles. The second-order valence-corrected chi connectivity index (χ2v) is 3.00. The van der Waals surface area contributed by atoms with Crippen LogP contribution in [0.2, 0.25) is 0 Å². The largest absolute Gasteiger partial charge is 0.324 e. The van der Waals surface area contributed by atoms with Crippen molar-refractivity contribution in [1.82, 2.24) is 0 Å². The fourth-order valence-electron chi connectivity index (χ4n) is 0.974. The van der Waals surface area contributed by atoms with Crippen LogP contribution < -0.4 is 11.3 Å². The van der Waals surface area contributed by atoms with Gasteiger partial charge in [-0.2, -0.15) is 0 Å². The van der Waals surface area contributed by atoms with E-state index in [1.807, 2.05) is 12.1 Å². The van der Waals surface area contributed by atoms with E-state index >= 15 is 0 Å². The third kappa shape index (κ3) is 1.94. The van der Waals surface area contributed by atoms with Crippen LogP contribution in [0.3, 0.4) is 0 Å². The zero-order chi connectivity index (χ0) is 8.27. The number of nitrogen functional groups attached to an aromatic ring is 1. The van der Waals surface area contributed by atoms with Gasteiger partial charge in [0.15, 0.2) is 0 Å². The Bertz CT molecular complexity index is 248. The third-order valence-corrected chi connectivity index (χ3v) is 2.16. The quantitative estimate of drug-likeness (QED) is 0.450. The second kappa shape index (κ2) is 3.74. The van der Waals surface area contributed by atoms with Gasteiger partial charge in [-0.15, -0.1) is 0 Å². The Labute approximate surface area is 74.9 Å². The molecule has 0 aliphatic heterocycles. The molecule has 1 aromatic rings. The zero-order valence-electron chi connectivity index (χ0n) is 6.39. The predicted molar refractivity (Wildman–Crippen MR) is 51.6 cm³/mol. The Morgan fingerprint density at radius 2 is 2.27 bits per heavy atom. The molecule has 0 bridgehead atoms. The first-order valence-corrected chi connectivity index (χ1v) is 4.52. The Kier molecular flexibility index (Phi) is 2.91. The summed E-state index contributed by atoms with van der Waals surface area (Å²) in [6.07, 6.45) is 0. The molecule has 60 valence electrons. The molecule has 0 radical (unpaired) electrons. The first-order chi connectivity index (χ1) is 5.27. The van der Waals surface area contributed by atoms with Crippen LogP contribution >= 0.6 is 15.9 Å². The van der Waals surface area contributed by atoms with E-state index < -0.39 is 0 Å². The molecule has 0 aliphatic carbocycles. The molecule has 2 nitrogen and oxygen atoms in total. The van der Waals surface area contributed by atoms with Crippen LogP contribution in [-0.4, -0.2) is 0 Å². The summed E-state index contributed by atoms with van der Waals surface area (Å²) in [5, 5.41) is 0.828. The van der Waals surface area contributed by atoms with Gasteiger partial charge in [0.2, 0.25) is 0 Å². The minimum atomic E-state index is 0.828. The third-order valence-electron chi connectivity index (χ3n) is 1.56. The lowest BCUT2D eigenvalue weighted by Gasteiger charge is -2.06. The lowest BCUT2D eigenvalue weighted by atomic mass is 10.1. The van der Waals surface area contributed by atoms with Crippen molar-refractivity contribution >= 4 is 21.6 Å². The molecule has 3 N–H and O–H groups in total. The topological polar surface area (TPSA) is 38.0 Å². The predicted octanol–water partition coefficient (Wildman–Crippen LogP) is 2.18. The number of anilines is 1. The maximum absolute atomic E-state index is 5.31. The summed E-state index contributed by atoms with van der Waals surface area (Å²) >= 11 is 3.39. The SMILES string of the molecule is Cc1ccc(NN)c(CBr)c1. The molecule has 0 aliphatic rings. The molecule has 1 rings (SSSR count). The smallest absolute Gasteiger partial charge is 0.0525 e. The van der Waals surface area contributed by atoms with Gasteiger partial charge in [-0.3, -0.25) is 5.84 Å². The van der Waals surface area contributed by atoms with E-state index in [4.69, 9.17) is 5.84 Å². The average molecular weight is 215 g/mol. The van der Waals surface area contributed by atoms with Gasteiger partial charge in [-0.25, -0.2) is 0 Å². The van der Waals surface area contributed by atoms with Crippen molar-refractivity contribution in [3.05, 3.63) is 29.3 Å². The molecule has 0 saturated carbocycles. The van der Waals surface area contributed by atoms with Crippen molar-refractivity contribution < 1.29 is 0 Å². The van der Waals surface area contributed by atoms with E-state index in [1.165, 1.54) is 11.1 Å². The van der Waals surface area contributed by atoms with Crippen molar-refractivity contribution in [2.24, 2.45) is 5.84 Å². The lowest BCUT2D eigenvalue weighted by molar-refractivity contribution is 1.28. The number of hydrazine groups is 1. The number of nitrogens with one attached hydrogen (secondary N) is 1. The molecular formula is C8H11BrN2. The molecule has 0 atom stereocenters. The van der Waals surface area contributed by atoms with Gasteiger partial charge in [0.05, 0.1) is 5.69 Å². The normalized spacial score (nSPS) is 9.73. The second-order valence-electron chi connectivity index (χ2n) is 2.44. The zero-order valence-corrected chi connectivity index (χ0v) is 7.98. The molecule has 0 amide bonds. The summed E-state index contributed by atoms with van der Waals surface area (Å²) in [5.41, 5.74) is 6.06. The van der Waals surface area contributed by atoms with Crippen LogP contribution in [0.5, 0.6) is 0 Å².